The SMILES string of the molecule is O=C(CC[C@H]1NC(=O)c2ccccc2NC1=O)NCCc1c[nH]c2ccc(Cl)cc12. The molecule has 1 aromatic heterocycles. The van der Waals surface area contributed by atoms with Gasteiger partial charge in [-0.1, -0.05) is 23.7 Å². The maximum atomic E-state index is 12.4. The van der Waals surface area contributed by atoms with Crippen LogP contribution < -0.4 is 16.0 Å². The number of aromatic nitrogens is 1. The first-order valence-electron chi connectivity index (χ1n) is 9.74. The molecule has 0 bridgehead atoms. The Bertz CT molecular complexity index is 1120. The van der Waals surface area contributed by atoms with Crippen molar-refractivity contribution in [2.24, 2.45) is 0 Å². The van der Waals surface area contributed by atoms with Gasteiger partial charge in [-0.15, -0.1) is 0 Å². The summed E-state index contributed by atoms with van der Waals surface area (Å²) >= 11 is 6.06. The third kappa shape index (κ3) is 4.31. The maximum absolute atomic E-state index is 12.4. The first-order valence-corrected chi connectivity index (χ1v) is 10.1. The summed E-state index contributed by atoms with van der Waals surface area (Å²) in [6, 6.07) is 11.7. The van der Waals surface area contributed by atoms with Crippen LogP contribution in [0.3, 0.4) is 0 Å². The fourth-order valence-corrected chi connectivity index (χ4v) is 3.74. The molecular weight excluding hydrogens is 404 g/mol. The number of benzene rings is 2. The number of H-pyrrole nitrogens is 1. The van der Waals surface area contributed by atoms with Crippen molar-refractivity contribution < 1.29 is 14.4 Å². The van der Waals surface area contributed by atoms with Gasteiger partial charge in [0.05, 0.1) is 11.3 Å². The standard InChI is InChI=1S/C22H21ClN4O3/c23-14-5-6-17-16(11-14)13(12-25-17)9-10-24-20(28)8-7-19-22(30)26-18-4-2-1-3-15(18)21(29)27-19/h1-6,11-12,19,25H,7-10H2,(H,24,28)(H,26,30)(H,27,29)/t19-/m1/s1. The van der Waals surface area contributed by atoms with Crippen LogP contribution in [0.5, 0.6) is 0 Å². The molecule has 0 unspecified atom stereocenters. The van der Waals surface area contributed by atoms with Crippen LogP contribution in [0.2, 0.25) is 5.02 Å². The Morgan fingerprint density at radius 3 is 2.83 bits per heavy atom. The highest BCUT2D eigenvalue weighted by molar-refractivity contribution is 6.31. The molecule has 2 heterocycles. The van der Waals surface area contributed by atoms with Gasteiger partial charge in [0, 0.05) is 35.1 Å². The highest BCUT2D eigenvalue weighted by atomic mass is 35.5. The second-order valence-electron chi connectivity index (χ2n) is 7.20. The summed E-state index contributed by atoms with van der Waals surface area (Å²) in [5.41, 5.74) is 2.96. The number of nitrogens with one attached hydrogen (secondary N) is 4. The first kappa shape index (κ1) is 20.0. The minimum atomic E-state index is -0.758. The maximum Gasteiger partial charge on any atom is 0.254 e. The van der Waals surface area contributed by atoms with Crippen LogP contribution in [0.15, 0.2) is 48.7 Å². The lowest BCUT2D eigenvalue weighted by atomic mass is 10.1. The van der Waals surface area contributed by atoms with E-state index in [0.717, 1.165) is 16.5 Å². The van der Waals surface area contributed by atoms with Gasteiger partial charge in [-0.25, -0.2) is 0 Å². The largest absolute Gasteiger partial charge is 0.361 e. The van der Waals surface area contributed by atoms with Crippen molar-refractivity contribution >= 4 is 45.9 Å². The number of amides is 3. The van der Waals surface area contributed by atoms with Gasteiger partial charge in [0.25, 0.3) is 5.91 Å². The highest BCUT2D eigenvalue weighted by Gasteiger charge is 2.27. The average molecular weight is 425 g/mol. The molecule has 2 aromatic carbocycles. The molecule has 1 aliphatic heterocycles. The average Bonchev–Trinajstić information content (AvgIpc) is 3.07. The fourth-order valence-electron chi connectivity index (χ4n) is 3.57. The van der Waals surface area contributed by atoms with Crippen molar-refractivity contribution in [1.29, 1.82) is 0 Å². The minimum Gasteiger partial charge on any atom is -0.361 e. The molecule has 154 valence electrons. The van der Waals surface area contributed by atoms with Gasteiger partial charge in [-0.3, -0.25) is 14.4 Å². The van der Waals surface area contributed by atoms with Crippen LogP contribution in [0.25, 0.3) is 10.9 Å². The molecule has 30 heavy (non-hydrogen) atoms. The van der Waals surface area contributed by atoms with E-state index >= 15 is 0 Å². The molecule has 7 nitrogen and oxygen atoms in total. The monoisotopic (exact) mass is 424 g/mol. The molecule has 3 amide bonds. The zero-order chi connectivity index (χ0) is 21.1. The van der Waals surface area contributed by atoms with E-state index in [1.807, 2.05) is 24.4 Å². The van der Waals surface area contributed by atoms with Crippen molar-refractivity contribution in [2.75, 3.05) is 11.9 Å². The molecule has 3 aromatic rings. The van der Waals surface area contributed by atoms with E-state index < -0.39 is 6.04 Å². The Morgan fingerprint density at radius 1 is 1.13 bits per heavy atom. The van der Waals surface area contributed by atoms with Gasteiger partial charge in [0.2, 0.25) is 11.8 Å². The van der Waals surface area contributed by atoms with Crippen LogP contribution in [0.4, 0.5) is 5.69 Å². The van der Waals surface area contributed by atoms with Gasteiger partial charge in [0.1, 0.15) is 6.04 Å². The first-order chi connectivity index (χ1) is 14.5. The molecule has 0 aliphatic carbocycles. The number of anilines is 1. The van der Waals surface area contributed by atoms with Crippen molar-refractivity contribution in [3.63, 3.8) is 0 Å². The summed E-state index contributed by atoms with van der Waals surface area (Å²) in [4.78, 5) is 40.1. The van der Waals surface area contributed by atoms with Crippen LogP contribution >= 0.6 is 11.6 Å². The van der Waals surface area contributed by atoms with Crippen LogP contribution in [0, 0.1) is 0 Å². The Morgan fingerprint density at radius 2 is 1.97 bits per heavy atom. The number of hydrogen-bond donors (Lipinski definition) is 4. The number of para-hydroxylation sites is 1. The third-order valence-corrected chi connectivity index (χ3v) is 5.39. The van der Waals surface area contributed by atoms with Crippen molar-refractivity contribution in [2.45, 2.75) is 25.3 Å². The van der Waals surface area contributed by atoms with E-state index in [-0.39, 0.29) is 30.6 Å². The predicted molar refractivity (Wildman–Crippen MR) is 116 cm³/mol. The molecule has 1 atom stereocenters. The molecule has 1 aliphatic rings. The van der Waals surface area contributed by atoms with Crippen molar-refractivity contribution in [3.8, 4) is 0 Å². The molecule has 0 saturated carbocycles. The number of hydrogen-bond acceptors (Lipinski definition) is 3. The van der Waals surface area contributed by atoms with E-state index in [1.54, 1.807) is 24.3 Å². The van der Waals surface area contributed by atoms with Crippen molar-refractivity contribution in [3.05, 3.63) is 64.8 Å². The molecular formula is C22H21ClN4O3. The molecule has 4 N–H and O–H groups in total. The summed E-state index contributed by atoms with van der Waals surface area (Å²) in [6.07, 6.45) is 2.92. The Kier molecular flexibility index (Phi) is 5.72. The van der Waals surface area contributed by atoms with E-state index in [0.29, 0.717) is 29.2 Å². The van der Waals surface area contributed by atoms with E-state index in [1.165, 1.54) is 0 Å². The van der Waals surface area contributed by atoms with Crippen molar-refractivity contribution in [1.82, 2.24) is 15.6 Å². The summed E-state index contributed by atoms with van der Waals surface area (Å²) in [5.74, 6) is -0.819. The number of aromatic amines is 1. The molecule has 0 spiro atoms. The molecule has 0 fully saturated rings. The van der Waals surface area contributed by atoms with Gasteiger partial charge < -0.3 is 20.9 Å². The smallest absolute Gasteiger partial charge is 0.254 e. The third-order valence-electron chi connectivity index (χ3n) is 5.16. The second-order valence-corrected chi connectivity index (χ2v) is 7.64. The zero-order valence-electron chi connectivity index (χ0n) is 16.1. The van der Waals surface area contributed by atoms with Gasteiger partial charge in [-0.05, 0) is 48.7 Å². The van der Waals surface area contributed by atoms with E-state index in [2.05, 4.69) is 20.9 Å². The summed E-state index contributed by atoms with van der Waals surface area (Å²) < 4.78 is 0. The van der Waals surface area contributed by atoms with Gasteiger partial charge in [-0.2, -0.15) is 0 Å². The lowest BCUT2D eigenvalue weighted by Crippen LogP contribution is -2.42. The molecule has 0 radical (unpaired) electrons. The Hall–Kier alpha value is -3.32. The molecule has 0 saturated heterocycles. The van der Waals surface area contributed by atoms with Crippen LogP contribution in [0.1, 0.15) is 28.8 Å². The number of halogens is 1. The van der Waals surface area contributed by atoms with Gasteiger partial charge >= 0.3 is 0 Å². The number of fused-ring (bicyclic) bond motifs is 2. The van der Waals surface area contributed by atoms with Crippen LogP contribution in [-0.2, 0) is 16.0 Å². The minimum absolute atomic E-state index is 0.133. The quantitative estimate of drug-likeness (QED) is 0.489. The predicted octanol–water partition coefficient (Wildman–Crippen LogP) is 3.01. The zero-order valence-corrected chi connectivity index (χ0v) is 16.9. The van der Waals surface area contributed by atoms with E-state index in [9.17, 15) is 14.4 Å². The lowest BCUT2D eigenvalue weighted by molar-refractivity contribution is -0.121. The number of rotatable bonds is 6. The lowest BCUT2D eigenvalue weighted by Gasteiger charge is -2.14. The van der Waals surface area contributed by atoms with Gasteiger partial charge in [0.15, 0.2) is 0 Å². The molecule has 8 heteroatoms. The normalized spacial score (nSPS) is 15.8. The topological polar surface area (TPSA) is 103 Å². The second kappa shape index (κ2) is 8.59. The van der Waals surface area contributed by atoms with E-state index in [4.69, 9.17) is 11.6 Å². The summed E-state index contributed by atoms with van der Waals surface area (Å²) in [6.45, 7) is 0.465. The summed E-state index contributed by atoms with van der Waals surface area (Å²) in [7, 11) is 0. The fraction of sp³-hybridized carbons (Fsp3) is 0.227. The van der Waals surface area contributed by atoms with Crippen LogP contribution in [-0.4, -0.2) is 35.3 Å². The number of carbonyl (C=O) groups is 3. The molecule has 4 rings (SSSR count). The Labute approximate surface area is 178 Å². The summed E-state index contributed by atoms with van der Waals surface area (Å²) in [5, 5.41) is 10.0. The number of carbonyl (C=O) groups excluding carboxylic acids is 3. The Balaban J connectivity index is 1.28. The highest BCUT2D eigenvalue weighted by Crippen LogP contribution is 2.22.